The van der Waals surface area contributed by atoms with Gasteiger partial charge in [0.15, 0.2) is 0 Å². The zero-order valence-corrected chi connectivity index (χ0v) is 13.7. The topological polar surface area (TPSA) is 43.1 Å². The largest absolute Gasteiger partial charge is 0.330 e. The first-order valence-electron chi connectivity index (χ1n) is 7.59. The van der Waals surface area contributed by atoms with Gasteiger partial charge in [-0.2, -0.15) is 0 Å². The van der Waals surface area contributed by atoms with Gasteiger partial charge in [-0.25, -0.2) is 0 Å². The summed E-state index contributed by atoms with van der Waals surface area (Å²) in [6, 6.07) is 9.86. The molecule has 1 aromatic carbocycles. The molecule has 0 bridgehead atoms. The fourth-order valence-electron chi connectivity index (χ4n) is 3.24. The fraction of sp³-hybridized carbons (Fsp3) is 0.647. The first-order valence-corrected chi connectivity index (χ1v) is 8.80. The molecule has 1 aliphatic rings. The number of rotatable bonds is 3. The predicted octanol–water partition coefficient (Wildman–Crippen LogP) is 3.58. The van der Waals surface area contributed by atoms with E-state index in [1.807, 2.05) is 30.3 Å². The molecule has 2 nitrogen and oxygen atoms in total. The van der Waals surface area contributed by atoms with E-state index in [2.05, 4.69) is 20.8 Å². The van der Waals surface area contributed by atoms with Crippen molar-refractivity contribution in [3.63, 3.8) is 0 Å². The summed E-state index contributed by atoms with van der Waals surface area (Å²) in [5.41, 5.74) is 6.22. The third-order valence-electron chi connectivity index (χ3n) is 4.71. The van der Waals surface area contributed by atoms with Crippen molar-refractivity contribution in [2.24, 2.45) is 23.0 Å². The molecule has 2 N–H and O–H groups in total. The van der Waals surface area contributed by atoms with Gasteiger partial charge in [-0.3, -0.25) is 4.21 Å². The number of benzene rings is 1. The molecule has 20 heavy (non-hydrogen) atoms. The molecule has 0 aromatic heterocycles. The van der Waals surface area contributed by atoms with Crippen LogP contribution in [0, 0.1) is 17.3 Å². The van der Waals surface area contributed by atoms with Crippen molar-refractivity contribution in [3.8, 4) is 0 Å². The van der Waals surface area contributed by atoms with Gasteiger partial charge in [0.2, 0.25) is 0 Å². The highest BCUT2D eigenvalue weighted by molar-refractivity contribution is 7.85. The second-order valence-corrected chi connectivity index (χ2v) is 8.69. The minimum atomic E-state index is -0.935. The molecule has 0 aliphatic heterocycles. The van der Waals surface area contributed by atoms with Crippen LogP contribution in [-0.4, -0.2) is 16.0 Å². The maximum absolute atomic E-state index is 12.9. The van der Waals surface area contributed by atoms with Crippen LogP contribution in [-0.2, 0) is 10.8 Å². The van der Waals surface area contributed by atoms with Crippen molar-refractivity contribution in [2.45, 2.75) is 50.2 Å². The molecule has 4 unspecified atom stereocenters. The summed E-state index contributed by atoms with van der Waals surface area (Å²) in [6.45, 7) is 7.54. The molecular weight excluding hydrogens is 266 g/mol. The Morgan fingerprint density at radius 3 is 2.40 bits per heavy atom. The molecule has 4 atom stereocenters. The van der Waals surface area contributed by atoms with E-state index in [4.69, 9.17) is 5.73 Å². The number of hydrogen-bond acceptors (Lipinski definition) is 2. The minimum Gasteiger partial charge on any atom is -0.330 e. The van der Waals surface area contributed by atoms with Gasteiger partial charge in [0.25, 0.3) is 0 Å². The quantitative estimate of drug-likeness (QED) is 0.925. The summed E-state index contributed by atoms with van der Waals surface area (Å²) in [5.74, 6) is 1.04. The Morgan fingerprint density at radius 1 is 1.20 bits per heavy atom. The molecule has 0 amide bonds. The van der Waals surface area contributed by atoms with Gasteiger partial charge in [0, 0.05) is 10.1 Å². The summed E-state index contributed by atoms with van der Waals surface area (Å²) in [6.07, 6.45) is 3.36. The van der Waals surface area contributed by atoms with E-state index in [-0.39, 0.29) is 5.25 Å². The van der Waals surface area contributed by atoms with Gasteiger partial charge >= 0.3 is 0 Å². The molecule has 0 saturated heterocycles. The van der Waals surface area contributed by atoms with Crippen LogP contribution in [0.15, 0.2) is 35.2 Å². The molecule has 1 saturated carbocycles. The Kier molecular flexibility index (Phi) is 5.03. The molecule has 1 aliphatic carbocycles. The Balaban J connectivity index is 2.19. The molecule has 1 aromatic rings. The third kappa shape index (κ3) is 3.50. The first kappa shape index (κ1) is 15.7. The van der Waals surface area contributed by atoms with E-state index in [0.717, 1.165) is 17.7 Å². The van der Waals surface area contributed by atoms with Crippen LogP contribution in [0.2, 0.25) is 0 Å². The SMILES string of the molecule is CC(C)(C)C1CCC(CN)C(S(=O)c2ccccc2)C1. The lowest BCUT2D eigenvalue weighted by Gasteiger charge is -2.41. The van der Waals surface area contributed by atoms with Crippen LogP contribution in [0.3, 0.4) is 0 Å². The van der Waals surface area contributed by atoms with E-state index < -0.39 is 10.8 Å². The van der Waals surface area contributed by atoms with Crippen LogP contribution in [0.4, 0.5) is 0 Å². The highest BCUT2D eigenvalue weighted by Crippen LogP contribution is 2.42. The Bertz CT molecular complexity index is 452. The maximum Gasteiger partial charge on any atom is 0.0564 e. The van der Waals surface area contributed by atoms with Crippen molar-refractivity contribution in [3.05, 3.63) is 30.3 Å². The molecule has 112 valence electrons. The van der Waals surface area contributed by atoms with Crippen molar-refractivity contribution in [1.82, 2.24) is 0 Å². The van der Waals surface area contributed by atoms with Crippen molar-refractivity contribution < 1.29 is 4.21 Å². The van der Waals surface area contributed by atoms with E-state index in [1.165, 1.54) is 6.42 Å². The van der Waals surface area contributed by atoms with Crippen molar-refractivity contribution in [1.29, 1.82) is 0 Å². The van der Waals surface area contributed by atoms with E-state index >= 15 is 0 Å². The summed E-state index contributed by atoms with van der Waals surface area (Å²) < 4.78 is 12.9. The van der Waals surface area contributed by atoms with Crippen LogP contribution >= 0.6 is 0 Å². The van der Waals surface area contributed by atoms with Gasteiger partial charge in [0.05, 0.1) is 10.8 Å². The van der Waals surface area contributed by atoms with Crippen molar-refractivity contribution >= 4 is 10.8 Å². The normalized spacial score (nSPS) is 29.1. The summed E-state index contributed by atoms with van der Waals surface area (Å²) in [5, 5.41) is 0.209. The van der Waals surface area contributed by atoms with E-state index in [9.17, 15) is 4.21 Å². The van der Waals surface area contributed by atoms with Gasteiger partial charge in [-0.15, -0.1) is 0 Å². The molecule has 0 heterocycles. The molecule has 3 heteroatoms. The minimum absolute atomic E-state index is 0.209. The zero-order valence-electron chi connectivity index (χ0n) is 12.8. The second-order valence-electron chi connectivity index (χ2n) is 7.02. The van der Waals surface area contributed by atoms with E-state index in [1.54, 1.807) is 0 Å². The second kappa shape index (κ2) is 6.40. The van der Waals surface area contributed by atoms with Gasteiger partial charge in [-0.1, -0.05) is 39.0 Å². The first-order chi connectivity index (χ1) is 9.43. The molecule has 0 spiro atoms. The average molecular weight is 293 g/mol. The highest BCUT2D eigenvalue weighted by atomic mass is 32.2. The van der Waals surface area contributed by atoms with Gasteiger partial charge in [-0.05, 0) is 55.2 Å². The monoisotopic (exact) mass is 293 g/mol. The van der Waals surface area contributed by atoms with Crippen LogP contribution < -0.4 is 5.73 Å². The zero-order chi connectivity index (χ0) is 14.8. The maximum atomic E-state index is 12.9. The van der Waals surface area contributed by atoms with Gasteiger partial charge < -0.3 is 5.73 Å². The Morgan fingerprint density at radius 2 is 1.85 bits per heavy atom. The summed E-state index contributed by atoms with van der Waals surface area (Å²) in [7, 11) is -0.935. The Hall–Kier alpha value is -0.670. The van der Waals surface area contributed by atoms with Gasteiger partial charge in [0.1, 0.15) is 0 Å². The lowest BCUT2D eigenvalue weighted by molar-refractivity contribution is 0.156. The average Bonchev–Trinajstić information content (AvgIpc) is 2.45. The molecule has 1 fully saturated rings. The lowest BCUT2D eigenvalue weighted by atomic mass is 9.69. The summed E-state index contributed by atoms with van der Waals surface area (Å²) >= 11 is 0. The lowest BCUT2D eigenvalue weighted by Crippen LogP contribution is -2.40. The highest BCUT2D eigenvalue weighted by Gasteiger charge is 2.38. The van der Waals surface area contributed by atoms with E-state index in [0.29, 0.717) is 23.8 Å². The number of nitrogens with two attached hydrogens (primary N) is 1. The van der Waals surface area contributed by atoms with Crippen LogP contribution in [0.25, 0.3) is 0 Å². The molecule has 0 radical (unpaired) electrons. The standard InChI is InChI=1S/C17H27NOS/c1-17(2,3)14-10-9-13(12-18)16(11-14)20(19)15-7-5-4-6-8-15/h4-8,13-14,16H,9-12,18H2,1-3H3. The Labute approximate surface area is 125 Å². The predicted molar refractivity (Wildman–Crippen MR) is 86.0 cm³/mol. The fourth-order valence-corrected chi connectivity index (χ4v) is 5.02. The smallest absolute Gasteiger partial charge is 0.0564 e. The van der Waals surface area contributed by atoms with Crippen LogP contribution in [0.1, 0.15) is 40.0 Å². The molecular formula is C17H27NOS. The molecule has 2 rings (SSSR count). The van der Waals surface area contributed by atoms with Crippen LogP contribution in [0.5, 0.6) is 0 Å². The summed E-state index contributed by atoms with van der Waals surface area (Å²) in [4.78, 5) is 0.950. The number of hydrogen-bond donors (Lipinski definition) is 1. The van der Waals surface area contributed by atoms with Crippen molar-refractivity contribution in [2.75, 3.05) is 6.54 Å². The third-order valence-corrected chi connectivity index (χ3v) is 6.57.